The number of piperidine rings is 1. The van der Waals surface area contributed by atoms with Crippen molar-refractivity contribution in [1.82, 2.24) is 10.2 Å². The van der Waals surface area contributed by atoms with Crippen molar-refractivity contribution in [3.8, 4) is 6.07 Å². The van der Waals surface area contributed by atoms with Gasteiger partial charge in [0.05, 0.1) is 6.07 Å². The summed E-state index contributed by atoms with van der Waals surface area (Å²) in [5, 5.41) is 13.4. The number of nitrogens with zero attached hydrogens (tertiary/aromatic N) is 2. The third-order valence-electron chi connectivity index (χ3n) is 6.03. The Labute approximate surface area is 130 Å². The van der Waals surface area contributed by atoms with Gasteiger partial charge in [-0.05, 0) is 76.3 Å². The van der Waals surface area contributed by atoms with Gasteiger partial charge in [-0.25, -0.2) is 0 Å². The molecular weight excluding hydrogens is 258 g/mol. The van der Waals surface area contributed by atoms with E-state index in [-0.39, 0.29) is 5.54 Å². The summed E-state index contributed by atoms with van der Waals surface area (Å²) >= 11 is 0. The van der Waals surface area contributed by atoms with Gasteiger partial charge in [0.2, 0.25) is 0 Å². The maximum Gasteiger partial charge on any atom is 0.108 e. The molecule has 2 aliphatic carbocycles. The molecule has 3 nitrogen and oxygen atoms in total. The Kier molecular flexibility index (Phi) is 4.57. The second-order valence-corrected chi connectivity index (χ2v) is 7.98. The lowest BCUT2D eigenvalue weighted by atomic mass is 9.78. The van der Waals surface area contributed by atoms with Gasteiger partial charge in [0.25, 0.3) is 0 Å². The highest BCUT2D eigenvalue weighted by atomic mass is 15.2. The van der Waals surface area contributed by atoms with E-state index in [0.29, 0.717) is 12.1 Å². The number of likely N-dealkylation sites (tertiary alicyclic amines) is 1. The zero-order valence-electron chi connectivity index (χ0n) is 13.8. The van der Waals surface area contributed by atoms with Crippen LogP contribution in [0.4, 0.5) is 0 Å². The predicted molar refractivity (Wildman–Crippen MR) is 85.9 cm³/mol. The molecule has 0 spiro atoms. The highest BCUT2D eigenvalue weighted by Gasteiger charge is 2.42. The Bertz CT molecular complexity index is 388. The van der Waals surface area contributed by atoms with Crippen molar-refractivity contribution >= 4 is 0 Å². The van der Waals surface area contributed by atoms with Crippen molar-refractivity contribution in [3.05, 3.63) is 0 Å². The van der Waals surface area contributed by atoms with Crippen molar-refractivity contribution in [1.29, 1.82) is 5.26 Å². The molecule has 0 radical (unpaired) electrons. The van der Waals surface area contributed by atoms with Crippen molar-refractivity contribution in [2.45, 2.75) is 82.8 Å². The van der Waals surface area contributed by atoms with Crippen LogP contribution in [0.2, 0.25) is 0 Å². The van der Waals surface area contributed by atoms with Crippen molar-refractivity contribution in [2.75, 3.05) is 13.1 Å². The van der Waals surface area contributed by atoms with Crippen molar-refractivity contribution in [2.24, 2.45) is 11.8 Å². The van der Waals surface area contributed by atoms with Crippen molar-refractivity contribution < 1.29 is 0 Å². The van der Waals surface area contributed by atoms with Crippen LogP contribution in [0.15, 0.2) is 0 Å². The summed E-state index contributed by atoms with van der Waals surface area (Å²) in [6.07, 6.45) is 9.85. The van der Waals surface area contributed by atoms with Gasteiger partial charge in [-0.15, -0.1) is 0 Å². The molecule has 1 heterocycles. The largest absolute Gasteiger partial charge is 0.300 e. The molecule has 3 heteroatoms. The number of rotatable bonds is 4. The van der Waals surface area contributed by atoms with Crippen LogP contribution in [0, 0.1) is 23.2 Å². The molecule has 118 valence electrons. The van der Waals surface area contributed by atoms with Gasteiger partial charge < -0.3 is 4.90 Å². The number of nitriles is 1. The summed E-state index contributed by atoms with van der Waals surface area (Å²) in [6, 6.07) is 3.92. The topological polar surface area (TPSA) is 39.1 Å². The minimum absolute atomic E-state index is 0.223. The molecule has 1 aliphatic heterocycles. The quantitative estimate of drug-likeness (QED) is 0.863. The van der Waals surface area contributed by atoms with Crippen LogP contribution < -0.4 is 5.32 Å². The van der Waals surface area contributed by atoms with Crippen LogP contribution in [0.25, 0.3) is 0 Å². The Balaban J connectivity index is 1.57. The molecule has 1 saturated heterocycles. The molecule has 0 bridgehead atoms. The van der Waals surface area contributed by atoms with E-state index in [4.69, 9.17) is 0 Å². The zero-order chi connectivity index (χ0) is 14.9. The summed E-state index contributed by atoms with van der Waals surface area (Å²) in [5.41, 5.74) is -0.223. The minimum Gasteiger partial charge on any atom is -0.300 e. The van der Waals surface area contributed by atoms with Crippen LogP contribution in [-0.2, 0) is 0 Å². The number of hydrogen-bond acceptors (Lipinski definition) is 3. The van der Waals surface area contributed by atoms with E-state index in [9.17, 15) is 5.26 Å². The Hall–Kier alpha value is -0.590. The molecule has 0 aromatic heterocycles. The Morgan fingerprint density at radius 2 is 1.86 bits per heavy atom. The summed E-state index contributed by atoms with van der Waals surface area (Å²) < 4.78 is 0. The average Bonchev–Trinajstić information content (AvgIpc) is 3.31. The molecule has 0 amide bonds. The van der Waals surface area contributed by atoms with Gasteiger partial charge in [0.1, 0.15) is 5.54 Å². The summed E-state index contributed by atoms with van der Waals surface area (Å²) in [5.74, 6) is 1.74. The predicted octanol–water partition coefficient (Wildman–Crippen LogP) is 3.31. The second kappa shape index (κ2) is 6.26. The second-order valence-electron chi connectivity index (χ2n) is 7.98. The van der Waals surface area contributed by atoms with E-state index >= 15 is 0 Å². The molecule has 2 atom stereocenters. The van der Waals surface area contributed by atoms with E-state index in [0.717, 1.165) is 24.7 Å². The lowest BCUT2D eigenvalue weighted by Crippen LogP contribution is -2.54. The molecule has 3 aliphatic rings. The highest BCUT2D eigenvalue weighted by molar-refractivity contribution is 5.13. The first-order valence-electron chi connectivity index (χ1n) is 9.05. The third-order valence-corrected chi connectivity index (χ3v) is 6.03. The van der Waals surface area contributed by atoms with Crippen LogP contribution in [0.1, 0.15) is 65.2 Å². The first-order chi connectivity index (χ1) is 10.1. The average molecular weight is 289 g/mol. The first-order valence-corrected chi connectivity index (χ1v) is 9.05. The van der Waals surface area contributed by atoms with Gasteiger partial charge >= 0.3 is 0 Å². The number of hydrogen-bond donors (Lipinski definition) is 1. The molecule has 0 aromatic carbocycles. The molecule has 3 rings (SSSR count). The van der Waals surface area contributed by atoms with Gasteiger partial charge in [-0.3, -0.25) is 5.32 Å². The van der Waals surface area contributed by atoms with E-state index in [1.807, 2.05) is 0 Å². The normalized spacial score (nSPS) is 35.8. The van der Waals surface area contributed by atoms with Crippen molar-refractivity contribution in [3.63, 3.8) is 0 Å². The van der Waals surface area contributed by atoms with E-state index < -0.39 is 0 Å². The first kappa shape index (κ1) is 15.3. The Morgan fingerprint density at radius 1 is 1.14 bits per heavy atom. The molecular formula is C18H31N3. The van der Waals surface area contributed by atoms with Crippen LogP contribution in [0.3, 0.4) is 0 Å². The van der Waals surface area contributed by atoms with E-state index in [1.165, 1.54) is 51.6 Å². The lowest BCUT2D eigenvalue weighted by Gasteiger charge is -2.44. The van der Waals surface area contributed by atoms with Gasteiger partial charge in [-0.1, -0.05) is 13.8 Å². The summed E-state index contributed by atoms with van der Waals surface area (Å²) in [7, 11) is 0. The fourth-order valence-corrected chi connectivity index (χ4v) is 4.39. The SMILES string of the molecule is CC(C)C1CCN(C2CCCC(C#N)(NC3CC3)C2)CC1. The summed E-state index contributed by atoms with van der Waals surface area (Å²) in [6.45, 7) is 7.22. The third kappa shape index (κ3) is 3.60. The molecule has 1 N–H and O–H groups in total. The minimum atomic E-state index is -0.223. The molecule has 2 saturated carbocycles. The van der Waals surface area contributed by atoms with Gasteiger partial charge in [0, 0.05) is 12.1 Å². The lowest BCUT2D eigenvalue weighted by molar-refractivity contribution is 0.0733. The van der Waals surface area contributed by atoms with Gasteiger partial charge in [0.15, 0.2) is 0 Å². The van der Waals surface area contributed by atoms with Crippen LogP contribution in [-0.4, -0.2) is 35.6 Å². The highest BCUT2D eigenvalue weighted by Crippen LogP contribution is 2.36. The maximum absolute atomic E-state index is 9.72. The van der Waals surface area contributed by atoms with E-state index in [1.54, 1.807) is 0 Å². The van der Waals surface area contributed by atoms with E-state index in [2.05, 4.69) is 30.1 Å². The monoisotopic (exact) mass is 289 g/mol. The fraction of sp³-hybridized carbons (Fsp3) is 0.944. The van der Waals surface area contributed by atoms with Crippen LogP contribution in [0.5, 0.6) is 0 Å². The smallest absolute Gasteiger partial charge is 0.108 e. The molecule has 3 fully saturated rings. The Morgan fingerprint density at radius 3 is 2.43 bits per heavy atom. The number of nitrogens with one attached hydrogen (secondary N) is 1. The molecule has 2 unspecified atom stereocenters. The molecule has 21 heavy (non-hydrogen) atoms. The fourth-order valence-electron chi connectivity index (χ4n) is 4.39. The maximum atomic E-state index is 9.72. The van der Waals surface area contributed by atoms with Crippen LogP contribution >= 0.6 is 0 Å². The van der Waals surface area contributed by atoms with Gasteiger partial charge in [-0.2, -0.15) is 5.26 Å². The zero-order valence-corrected chi connectivity index (χ0v) is 13.8. The summed E-state index contributed by atoms with van der Waals surface area (Å²) in [4.78, 5) is 2.69. The molecule has 0 aromatic rings. The standard InChI is InChI=1S/C18H31N3/c1-14(2)15-7-10-21(11-8-15)17-4-3-9-18(12-17,13-19)20-16-5-6-16/h14-17,20H,3-12H2,1-2H3.